The van der Waals surface area contributed by atoms with Crippen LogP contribution in [-0.4, -0.2) is 22.3 Å². The first-order valence-electron chi connectivity index (χ1n) is 9.15. The van der Waals surface area contributed by atoms with Crippen LogP contribution in [0.4, 0.5) is 4.39 Å². The summed E-state index contributed by atoms with van der Waals surface area (Å²) in [6, 6.07) is 11.3. The summed E-state index contributed by atoms with van der Waals surface area (Å²) in [5.74, 6) is -0.170. The summed E-state index contributed by atoms with van der Waals surface area (Å²) in [7, 11) is 0. The van der Waals surface area contributed by atoms with Gasteiger partial charge in [-0.05, 0) is 67.1 Å². The van der Waals surface area contributed by atoms with E-state index in [1.807, 2.05) is 11.1 Å². The van der Waals surface area contributed by atoms with Crippen molar-refractivity contribution in [1.82, 2.24) is 9.88 Å². The topological polar surface area (TPSA) is 36.1 Å². The molecule has 0 bridgehead atoms. The highest BCUT2D eigenvalue weighted by molar-refractivity contribution is 5.89. The van der Waals surface area contributed by atoms with E-state index in [2.05, 4.69) is 37.0 Å². The van der Waals surface area contributed by atoms with Gasteiger partial charge in [-0.15, -0.1) is 0 Å². The van der Waals surface area contributed by atoms with Gasteiger partial charge in [0.2, 0.25) is 5.91 Å². The molecular weight excluding hydrogens is 327 g/mol. The summed E-state index contributed by atoms with van der Waals surface area (Å²) >= 11 is 0. The van der Waals surface area contributed by atoms with Gasteiger partial charge in [-0.2, -0.15) is 0 Å². The fourth-order valence-corrected chi connectivity index (χ4v) is 3.95. The third-order valence-electron chi connectivity index (χ3n) is 5.56. The second-order valence-corrected chi connectivity index (χ2v) is 7.27. The van der Waals surface area contributed by atoms with Crippen molar-refractivity contribution in [3.8, 4) is 0 Å². The molecule has 1 amide bonds. The minimum absolute atomic E-state index is 0.107. The summed E-state index contributed by atoms with van der Waals surface area (Å²) in [6.45, 7) is 5.00. The number of halogens is 1. The van der Waals surface area contributed by atoms with Gasteiger partial charge in [0.15, 0.2) is 0 Å². The molecule has 1 aliphatic heterocycles. The van der Waals surface area contributed by atoms with E-state index in [0.717, 1.165) is 35.9 Å². The van der Waals surface area contributed by atoms with Crippen LogP contribution >= 0.6 is 0 Å². The molecule has 3 aromatic rings. The Morgan fingerprint density at radius 2 is 2.04 bits per heavy atom. The highest BCUT2D eigenvalue weighted by Gasteiger charge is 2.30. The molecule has 1 atom stereocenters. The lowest BCUT2D eigenvalue weighted by Gasteiger charge is -2.25. The second-order valence-electron chi connectivity index (χ2n) is 7.27. The Labute approximate surface area is 152 Å². The number of hydrogen-bond donors (Lipinski definition) is 1. The number of nitrogens with zero attached hydrogens (tertiary/aromatic N) is 1. The van der Waals surface area contributed by atoms with E-state index in [0.29, 0.717) is 6.42 Å². The molecule has 1 N–H and O–H groups in total. The van der Waals surface area contributed by atoms with Crippen molar-refractivity contribution in [2.24, 2.45) is 0 Å². The lowest BCUT2D eigenvalue weighted by molar-refractivity contribution is -0.131. The average molecular weight is 350 g/mol. The molecule has 0 spiro atoms. The van der Waals surface area contributed by atoms with Crippen LogP contribution in [0.1, 0.15) is 41.1 Å². The van der Waals surface area contributed by atoms with Crippen molar-refractivity contribution >= 4 is 16.8 Å². The van der Waals surface area contributed by atoms with Crippen molar-refractivity contribution in [2.45, 2.75) is 39.2 Å². The van der Waals surface area contributed by atoms with Gasteiger partial charge in [0, 0.05) is 23.6 Å². The predicted octanol–water partition coefficient (Wildman–Crippen LogP) is 4.83. The van der Waals surface area contributed by atoms with Crippen LogP contribution in [0.15, 0.2) is 42.6 Å². The number of carbonyl (C=O) groups excluding carboxylic acids is 1. The van der Waals surface area contributed by atoms with E-state index in [1.54, 1.807) is 6.07 Å². The summed E-state index contributed by atoms with van der Waals surface area (Å²) in [5, 5.41) is 0.792. The van der Waals surface area contributed by atoms with Crippen molar-refractivity contribution in [2.75, 3.05) is 6.54 Å². The van der Waals surface area contributed by atoms with Gasteiger partial charge >= 0.3 is 0 Å². The third kappa shape index (κ3) is 3.00. The fourth-order valence-electron chi connectivity index (χ4n) is 3.95. The number of aromatic amines is 1. The summed E-state index contributed by atoms with van der Waals surface area (Å²) in [5.41, 5.74) is 5.46. The van der Waals surface area contributed by atoms with Crippen molar-refractivity contribution in [3.63, 3.8) is 0 Å². The monoisotopic (exact) mass is 350 g/mol. The Balaban J connectivity index is 1.58. The van der Waals surface area contributed by atoms with E-state index >= 15 is 0 Å². The summed E-state index contributed by atoms with van der Waals surface area (Å²) in [6.07, 6.45) is 4.14. The first-order valence-corrected chi connectivity index (χ1v) is 9.15. The molecule has 3 nitrogen and oxygen atoms in total. The lowest BCUT2D eigenvalue weighted by Crippen LogP contribution is -2.31. The zero-order chi connectivity index (χ0) is 18.3. The Bertz CT molecular complexity index is 975. The molecule has 26 heavy (non-hydrogen) atoms. The fraction of sp³-hybridized carbons (Fsp3) is 0.318. The number of rotatable bonds is 3. The standard InChI is InChI=1S/C22H23FN2O/c1-14-5-6-16(10-15(14)2)21-4-3-9-25(21)22(26)11-17-13-24-20-8-7-18(23)12-19(17)20/h5-8,10,12-13,21,24H,3-4,9,11H2,1-2H3. The Hall–Kier alpha value is -2.62. The zero-order valence-electron chi connectivity index (χ0n) is 15.2. The van der Waals surface area contributed by atoms with Crippen molar-refractivity contribution in [1.29, 1.82) is 0 Å². The smallest absolute Gasteiger partial charge is 0.227 e. The van der Waals surface area contributed by atoms with E-state index in [1.165, 1.54) is 28.8 Å². The number of likely N-dealkylation sites (tertiary alicyclic amines) is 1. The number of fused-ring (bicyclic) bond motifs is 1. The number of H-pyrrole nitrogens is 1. The molecule has 0 radical (unpaired) electrons. The molecule has 2 heterocycles. The molecule has 0 saturated carbocycles. The first-order chi connectivity index (χ1) is 12.5. The van der Waals surface area contributed by atoms with Gasteiger partial charge in [0.1, 0.15) is 5.82 Å². The van der Waals surface area contributed by atoms with Gasteiger partial charge in [0.05, 0.1) is 12.5 Å². The highest BCUT2D eigenvalue weighted by Crippen LogP contribution is 2.33. The molecule has 0 aliphatic carbocycles. The zero-order valence-corrected chi connectivity index (χ0v) is 15.2. The van der Waals surface area contributed by atoms with Gasteiger partial charge in [-0.1, -0.05) is 18.2 Å². The van der Waals surface area contributed by atoms with E-state index in [9.17, 15) is 9.18 Å². The van der Waals surface area contributed by atoms with Crippen LogP contribution in [0.25, 0.3) is 10.9 Å². The lowest BCUT2D eigenvalue weighted by atomic mass is 9.99. The van der Waals surface area contributed by atoms with Crippen LogP contribution in [0.2, 0.25) is 0 Å². The highest BCUT2D eigenvalue weighted by atomic mass is 19.1. The number of aromatic nitrogens is 1. The Morgan fingerprint density at radius 1 is 1.19 bits per heavy atom. The van der Waals surface area contributed by atoms with Gasteiger partial charge in [-0.3, -0.25) is 4.79 Å². The normalized spacial score (nSPS) is 17.2. The molecule has 1 saturated heterocycles. The van der Waals surface area contributed by atoms with Crippen molar-refractivity contribution in [3.05, 3.63) is 70.7 Å². The molecule has 4 heteroatoms. The quantitative estimate of drug-likeness (QED) is 0.721. The number of carbonyl (C=O) groups is 1. The van der Waals surface area contributed by atoms with Gasteiger partial charge in [-0.25, -0.2) is 4.39 Å². The second kappa shape index (κ2) is 6.60. The number of nitrogens with one attached hydrogen (secondary N) is 1. The molecule has 1 aliphatic rings. The van der Waals surface area contributed by atoms with Crippen molar-refractivity contribution < 1.29 is 9.18 Å². The van der Waals surface area contributed by atoms with Crippen LogP contribution in [0.5, 0.6) is 0 Å². The molecule has 1 aromatic heterocycles. The molecule has 2 aromatic carbocycles. The van der Waals surface area contributed by atoms with Crippen LogP contribution in [-0.2, 0) is 11.2 Å². The maximum atomic E-state index is 13.6. The molecule has 1 fully saturated rings. The molecule has 4 rings (SSSR count). The third-order valence-corrected chi connectivity index (χ3v) is 5.56. The number of benzene rings is 2. The minimum atomic E-state index is -0.278. The van der Waals surface area contributed by atoms with Gasteiger partial charge in [0.25, 0.3) is 0 Å². The van der Waals surface area contributed by atoms with E-state index in [4.69, 9.17) is 0 Å². The number of amides is 1. The van der Waals surface area contributed by atoms with E-state index < -0.39 is 0 Å². The summed E-state index contributed by atoms with van der Waals surface area (Å²) < 4.78 is 13.6. The maximum Gasteiger partial charge on any atom is 0.227 e. The van der Waals surface area contributed by atoms with Gasteiger partial charge < -0.3 is 9.88 Å². The van der Waals surface area contributed by atoms with Crippen LogP contribution in [0, 0.1) is 19.7 Å². The summed E-state index contributed by atoms with van der Waals surface area (Å²) in [4.78, 5) is 18.1. The first kappa shape index (κ1) is 16.8. The Kier molecular flexibility index (Phi) is 4.27. The van der Waals surface area contributed by atoms with E-state index in [-0.39, 0.29) is 17.8 Å². The van der Waals surface area contributed by atoms with Crippen LogP contribution in [0.3, 0.4) is 0 Å². The number of aryl methyl sites for hydroxylation is 2. The minimum Gasteiger partial charge on any atom is -0.361 e. The molecule has 134 valence electrons. The molecular formula is C22H23FN2O. The average Bonchev–Trinajstić information content (AvgIpc) is 3.25. The predicted molar refractivity (Wildman–Crippen MR) is 102 cm³/mol. The number of hydrogen-bond acceptors (Lipinski definition) is 1. The molecule has 1 unspecified atom stereocenters. The largest absolute Gasteiger partial charge is 0.361 e. The Morgan fingerprint density at radius 3 is 2.85 bits per heavy atom. The van der Waals surface area contributed by atoms with Crippen LogP contribution < -0.4 is 0 Å². The maximum absolute atomic E-state index is 13.6. The SMILES string of the molecule is Cc1ccc(C2CCCN2C(=O)Cc2c[nH]c3ccc(F)cc23)cc1C.